The van der Waals surface area contributed by atoms with Gasteiger partial charge in [0.1, 0.15) is 5.82 Å². The van der Waals surface area contributed by atoms with Crippen molar-refractivity contribution in [3.05, 3.63) is 59.9 Å². The fourth-order valence-corrected chi connectivity index (χ4v) is 3.01. The molecule has 5 nitrogen and oxygen atoms in total. The summed E-state index contributed by atoms with van der Waals surface area (Å²) in [4.78, 5) is 11.8. The second-order valence-electron chi connectivity index (χ2n) is 5.24. The Morgan fingerprint density at radius 1 is 1.09 bits per heavy atom. The van der Waals surface area contributed by atoms with Crippen LogP contribution in [0.15, 0.2) is 53.4 Å². The van der Waals surface area contributed by atoms with Gasteiger partial charge in [0.15, 0.2) is 0 Å². The monoisotopic (exact) mass is 336 g/mol. The van der Waals surface area contributed by atoms with Crippen LogP contribution in [-0.2, 0) is 10.0 Å². The quantitative estimate of drug-likeness (QED) is 0.881. The predicted molar refractivity (Wildman–Crippen MR) is 86.3 cm³/mol. The SMILES string of the molecule is CC(C)NC(=O)c1cccc(S(=O)(=O)Nc2ccccc2F)c1. The highest BCUT2D eigenvalue weighted by Crippen LogP contribution is 2.19. The van der Waals surface area contributed by atoms with Gasteiger partial charge in [0.25, 0.3) is 15.9 Å². The van der Waals surface area contributed by atoms with Crippen molar-refractivity contribution < 1.29 is 17.6 Å². The zero-order chi connectivity index (χ0) is 17.0. The number of nitrogens with one attached hydrogen (secondary N) is 2. The maximum Gasteiger partial charge on any atom is 0.262 e. The van der Waals surface area contributed by atoms with Gasteiger partial charge in [0.05, 0.1) is 10.6 Å². The van der Waals surface area contributed by atoms with Gasteiger partial charge in [0.2, 0.25) is 0 Å². The number of anilines is 1. The molecule has 0 unspecified atom stereocenters. The van der Waals surface area contributed by atoms with E-state index in [0.717, 1.165) is 6.07 Å². The minimum Gasteiger partial charge on any atom is -0.350 e. The Kier molecular flexibility index (Phi) is 5.00. The summed E-state index contributed by atoms with van der Waals surface area (Å²) in [6.07, 6.45) is 0. The molecular formula is C16H17FN2O3S. The maximum absolute atomic E-state index is 13.6. The molecule has 0 aliphatic carbocycles. The first-order valence-corrected chi connectivity index (χ1v) is 8.46. The van der Waals surface area contributed by atoms with E-state index in [2.05, 4.69) is 10.0 Å². The molecule has 1 amide bonds. The van der Waals surface area contributed by atoms with Crippen LogP contribution in [-0.4, -0.2) is 20.4 Å². The minimum absolute atomic E-state index is 0.0701. The number of benzene rings is 2. The average Bonchev–Trinajstić information content (AvgIpc) is 2.49. The number of sulfonamides is 1. The van der Waals surface area contributed by atoms with Gasteiger partial charge in [-0.2, -0.15) is 0 Å². The lowest BCUT2D eigenvalue weighted by Gasteiger charge is -2.11. The number of carbonyl (C=O) groups is 1. The van der Waals surface area contributed by atoms with E-state index in [1.807, 2.05) is 0 Å². The first kappa shape index (κ1) is 17.0. The molecule has 0 saturated carbocycles. The van der Waals surface area contributed by atoms with Crippen LogP contribution in [0.3, 0.4) is 0 Å². The topological polar surface area (TPSA) is 75.3 Å². The van der Waals surface area contributed by atoms with E-state index in [-0.39, 0.29) is 28.1 Å². The van der Waals surface area contributed by atoms with Crippen LogP contribution < -0.4 is 10.0 Å². The molecule has 0 aromatic heterocycles. The normalized spacial score (nSPS) is 11.3. The van der Waals surface area contributed by atoms with E-state index in [1.54, 1.807) is 13.8 Å². The number of amides is 1. The largest absolute Gasteiger partial charge is 0.350 e. The van der Waals surface area contributed by atoms with E-state index in [1.165, 1.54) is 42.5 Å². The summed E-state index contributed by atoms with van der Waals surface area (Å²) in [7, 11) is -3.99. The molecule has 2 aromatic carbocycles. The van der Waals surface area contributed by atoms with Crippen molar-refractivity contribution in [3.63, 3.8) is 0 Å². The molecule has 0 atom stereocenters. The highest BCUT2D eigenvalue weighted by Gasteiger charge is 2.18. The van der Waals surface area contributed by atoms with Crippen LogP contribution in [0.25, 0.3) is 0 Å². The molecule has 7 heteroatoms. The molecule has 0 spiro atoms. The van der Waals surface area contributed by atoms with Gasteiger partial charge in [-0.05, 0) is 44.2 Å². The molecule has 0 heterocycles. The molecule has 0 aliphatic heterocycles. The molecule has 23 heavy (non-hydrogen) atoms. The van der Waals surface area contributed by atoms with Crippen molar-refractivity contribution in [2.45, 2.75) is 24.8 Å². The lowest BCUT2D eigenvalue weighted by atomic mass is 10.2. The minimum atomic E-state index is -3.99. The highest BCUT2D eigenvalue weighted by molar-refractivity contribution is 7.92. The molecule has 2 aromatic rings. The van der Waals surface area contributed by atoms with Crippen molar-refractivity contribution >= 4 is 21.6 Å². The van der Waals surface area contributed by atoms with Crippen molar-refractivity contribution in [1.82, 2.24) is 5.32 Å². The second kappa shape index (κ2) is 6.78. The number of rotatable bonds is 5. The van der Waals surface area contributed by atoms with Gasteiger partial charge in [-0.3, -0.25) is 9.52 Å². The third-order valence-corrected chi connectivity index (χ3v) is 4.31. The van der Waals surface area contributed by atoms with Gasteiger partial charge in [-0.1, -0.05) is 18.2 Å². The Morgan fingerprint density at radius 2 is 1.78 bits per heavy atom. The standard InChI is InChI=1S/C16H17FN2O3S/c1-11(2)18-16(20)12-6-5-7-13(10-12)23(21,22)19-15-9-4-3-8-14(15)17/h3-11,19H,1-2H3,(H,18,20). The number of hydrogen-bond acceptors (Lipinski definition) is 3. The zero-order valence-electron chi connectivity index (χ0n) is 12.7. The molecule has 0 saturated heterocycles. The number of hydrogen-bond donors (Lipinski definition) is 2. The Bertz CT molecular complexity index is 820. The summed E-state index contributed by atoms with van der Waals surface area (Å²) in [6.45, 7) is 3.61. The van der Waals surface area contributed by atoms with Crippen LogP contribution in [0.1, 0.15) is 24.2 Å². The summed E-state index contributed by atoms with van der Waals surface area (Å²) in [5.74, 6) is -1.05. The van der Waals surface area contributed by atoms with Gasteiger partial charge in [0, 0.05) is 11.6 Å². The van der Waals surface area contributed by atoms with Crippen molar-refractivity contribution in [3.8, 4) is 0 Å². The molecule has 0 aliphatic rings. The number of halogens is 1. The van der Waals surface area contributed by atoms with E-state index in [9.17, 15) is 17.6 Å². The summed E-state index contributed by atoms with van der Waals surface area (Å²) >= 11 is 0. The van der Waals surface area contributed by atoms with Crippen molar-refractivity contribution in [2.75, 3.05) is 4.72 Å². The molecule has 2 N–H and O–H groups in total. The number of para-hydroxylation sites is 1. The lowest BCUT2D eigenvalue weighted by Crippen LogP contribution is -2.30. The average molecular weight is 336 g/mol. The lowest BCUT2D eigenvalue weighted by molar-refractivity contribution is 0.0943. The first-order chi connectivity index (χ1) is 10.8. The van der Waals surface area contributed by atoms with Crippen LogP contribution in [0.2, 0.25) is 0 Å². The summed E-state index contributed by atoms with van der Waals surface area (Å²) in [5.41, 5.74) is 0.0691. The Labute approximate surface area is 134 Å². The zero-order valence-corrected chi connectivity index (χ0v) is 13.5. The first-order valence-electron chi connectivity index (χ1n) is 6.98. The predicted octanol–water partition coefficient (Wildman–Crippen LogP) is 2.76. The summed E-state index contributed by atoms with van der Waals surface area (Å²) in [6, 6.07) is 11.0. The van der Waals surface area contributed by atoms with Crippen LogP contribution in [0, 0.1) is 5.82 Å². The molecule has 0 fully saturated rings. The fraction of sp³-hybridized carbons (Fsp3) is 0.188. The van der Waals surface area contributed by atoms with Gasteiger partial charge in [-0.15, -0.1) is 0 Å². The Hall–Kier alpha value is -2.41. The number of carbonyl (C=O) groups excluding carboxylic acids is 1. The fourth-order valence-electron chi connectivity index (χ4n) is 1.90. The van der Waals surface area contributed by atoms with Crippen LogP contribution in [0.5, 0.6) is 0 Å². The molecule has 0 radical (unpaired) electrons. The van der Waals surface area contributed by atoms with E-state index < -0.39 is 15.8 Å². The summed E-state index contributed by atoms with van der Waals surface area (Å²) < 4.78 is 40.5. The highest BCUT2D eigenvalue weighted by atomic mass is 32.2. The van der Waals surface area contributed by atoms with Crippen LogP contribution in [0.4, 0.5) is 10.1 Å². The maximum atomic E-state index is 13.6. The molecule has 122 valence electrons. The third-order valence-electron chi connectivity index (χ3n) is 2.94. The summed E-state index contributed by atoms with van der Waals surface area (Å²) in [5, 5.41) is 2.68. The van der Waals surface area contributed by atoms with Gasteiger partial charge >= 0.3 is 0 Å². The molecular weight excluding hydrogens is 319 g/mol. The second-order valence-corrected chi connectivity index (χ2v) is 6.92. The Balaban J connectivity index is 2.30. The van der Waals surface area contributed by atoms with Gasteiger partial charge < -0.3 is 5.32 Å². The van der Waals surface area contributed by atoms with Crippen molar-refractivity contribution in [1.29, 1.82) is 0 Å². The van der Waals surface area contributed by atoms with Crippen molar-refractivity contribution in [2.24, 2.45) is 0 Å². The third kappa shape index (κ3) is 4.29. The van der Waals surface area contributed by atoms with E-state index in [4.69, 9.17) is 0 Å². The Morgan fingerprint density at radius 3 is 2.43 bits per heavy atom. The molecule has 2 rings (SSSR count). The van der Waals surface area contributed by atoms with Crippen LogP contribution >= 0.6 is 0 Å². The molecule has 0 bridgehead atoms. The van der Waals surface area contributed by atoms with E-state index in [0.29, 0.717) is 0 Å². The van der Waals surface area contributed by atoms with E-state index >= 15 is 0 Å². The smallest absolute Gasteiger partial charge is 0.262 e. The van der Waals surface area contributed by atoms with Gasteiger partial charge in [-0.25, -0.2) is 12.8 Å².